The fourth-order valence-electron chi connectivity index (χ4n) is 3.11. The van der Waals surface area contributed by atoms with Gasteiger partial charge in [-0.05, 0) is 23.8 Å². The Kier molecular flexibility index (Phi) is 3.75. The molecule has 4 rings (SSSR count). The van der Waals surface area contributed by atoms with E-state index in [1.165, 1.54) is 0 Å². The highest BCUT2D eigenvalue weighted by molar-refractivity contribution is 6.14. The van der Waals surface area contributed by atoms with Crippen molar-refractivity contribution in [3.8, 4) is 6.07 Å². The van der Waals surface area contributed by atoms with Crippen LogP contribution < -0.4 is 10.6 Å². The Morgan fingerprint density at radius 3 is 2.58 bits per heavy atom. The maximum atomic E-state index is 11.8. The van der Waals surface area contributed by atoms with Gasteiger partial charge in [0.25, 0.3) is 5.91 Å². The standard InChI is InChI=1S/C20H14N4O2/c21-10-13-5-1-2-6-14(13)11-24-12-15(16-7-3-4-8-18(16)24)9-17-19(25)23-20(26)22-17/h1-9,12H,11H2,(H2,22,23,25,26)/b17-9-. The van der Waals surface area contributed by atoms with Crippen LogP contribution in [0.15, 0.2) is 60.4 Å². The van der Waals surface area contributed by atoms with E-state index in [-0.39, 0.29) is 5.70 Å². The molecule has 2 N–H and O–H groups in total. The minimum atomic E-state index is -0.520. The van der Waals surface area contributed by atoms with Gasteiger partial charge in [0.2, 0.25) is 0 Å². The number of hydrogen-bond acceptors (Lipinski definition) is 3. The molecule has 1 aliphatic rings. The van der Waals surface area contributed by atoms with E-state index in [2.05, 4.69) is 16.7 Å². The largest absolute Gasteiger partial charge is 0.342 e. The van der Waals surface area contributed by atoms with Crippen molar-refractivity contribution < 1.29 is 9.59 Å². The summed E-state index contributed by atoms with van der Waals surface area (Å²) in [5.41, 5.74) is 3.57. The number of imide groups is 1. The number of nitrogens with zero attached hydrogens (tertiary/aromatic N) is 2. The van der Waals surface area contributed by atoms with E-state index >= 15 is 0 Å². The van der Waals surface area contributed by atoms with E-state index < -0.39 is 11.9 Å². The zero-order valence-corrected chi connectivity index (χ0v) is 13.7. The number of rotatable bonds is 3. The molecule has 1 aromatic heterocycles. The highest BCUT2D eigenvalue weighted by Gasteiger charge is 2.23. The van der Waals surface area contributed by atoms with E-state index in [0.717, 1.165) is 22.0 Å². The van der Waals surface area contributed by atoms with Crippen molar-refractivity contribution in [2.45, 2.75) is 6.54 Å². The number of carbonyl (C=O) groups is 2. The molecule has 3 amide bonds. The van der Waals surface area contributed by atoms with Crippen LogP contribution in [-0.2, 0) is 11.3 Å². The third-order valence-electron chi connectivity index (χ3n) is 4.32. The van der Waals surface area contributed by atoms with E-state index in [4.69, 9.17) is 0 Å². The van der Waals surface area contributed by atoms with Crippen LogP contribution in [0.2, 0.25) is 0 Å². The molecule has 1 aliphatic heterocycles. The van der Waals surface area contributed by atoms with Crippen molar-refractivity contribution in [1.29, 1.82) is 5.26 Å². The summed E-state index contributed by atoms with van der Waals surface area (Å²) in [5, 5.41) is 15.0. The Morgan fingerprint density at radius 1 is 1.04 bits per heavy atom. The monoisotopic (exact) mass is 342 g/mol. The SMILES string of the molecule is N#Cc1ccccc1Cn1cc(/C=C2\NC(=O)NC2=O)c2ccccc21. The normalized spacial score (nSPS) is 15.1. The molecule has 126 valence electrons. The second-order valence-electron chi connectivity index (χ2n) is 5.96. The lowest BCUT2D eigenvalue weighted by atomic mass is 10.1. The Labute approximate surface area is 149 Å². The first kappa shape index (κ1) is 15.7. The van der Waals surface area contributed by atoms with Crippen LogP contribution in [0.3, 0.4) is 0 Å². The third-order valence-corrected chi connectivity index (χ3v) is 4.32. The quantitative estimate of drug-likeness (QED) is 0.567. The van der Waals surface area contributed by atoms with Gasteiger partial charge in [-0.15, -0.1) is 0 Å². The molecule has 0 bridgehead atoms. The maximum absolute atomic E-state index is 11.8. The molecule has 0 aliphatic carbocycles. The van der Waals surface area contributed by atoms with Crippen molar-refractivity contribution in [2.75, 3.05) is 0 Å². The molecule has 26 heavy (non-hydrogen) atoms. The average Bonchev–Trinajstić information content (AvgIpc) is 3.15. The van der Waals surface area contributed by atoms with Gasteiger partial charge in [-0.1, -0.05) is 36.4 Å². The molecule has 6 nitrogen and oxygen atoms in total. The Balaban J connectivity index is 1.80. The van der Waals surface area contributed by atoms with Crippen molar-refractivity contribution in [3.63, 3.8) is 0 Å². The molecule has 0 unspecified atom stereocenters. The zero-order valence-electron chi connectivity index (χ0n) is 13.7. The Bertz CT molecular complexity index is 1120. The number of benzene rings is 2. The molecule has 0 spiro atoms. The summed E-state index contributed by atoms with van der Waals surface area (Å²) in [4.78, 5) is 23.1. The van der Waals surface area contributed by atoms with Crippen LogP contribution in [0.1, 0.15) is 16.7 Å². The summed E-state index contributed by atoms with van der Waals surface area (Å²) in [5.74, 6) is -0.443. The van der Waals surface area contributed by atoms with Gasteiger partial charge >= 0.3 is 6.03 Å². The van der Waals surface area contributed by atoms with Crippen LogP contribution in [0.4, 0.5) is 4.79 Å². The van der Waals surface area contributed by atoms with Gasteiger partial charge in [0.1, 0.15) is 5.70 Å². The number of hydrogen-bond donors (Lipinski definition) is 2. The summed E-state index contributed by atoms with van der Waals surface area (Å²) < 4.78 is 2.03. The summed E-state index contributed by atoms with van der Waals surface area (Å²) >= 11 is 0. The van der Waals surface area contributed by atoms with Crippen LogP contribution in [0, 0.1) is 11.3 Å². The zero-order chi connectivity index (χ0) is 18.1. The number of aromatic nitrogens is 1. The molecule has 2 heterocycles. The number of fused-ring (bicyclic) bond motifs is 1. The van der Waals surface area contributed by atoms with E-state index in [9.17, 15) is 14.9 Å². The van der Waals surface area contributed by atoms with Gasteiger partial charge in [0.05, 0.1) is 11.6 Å². The van der Waals surface area contributed by atoms with E-state index in [1.807, 2.05) is 53.2 Å². The topological polar surface area (TPSA) is 86.9 Å². The van der Waals surface area contributed by atoms with Crippen LogP contribution in [0.5, 0.6) is 0 Å². The lowest BCUT2D eigenvalue weighted by molar-refractivity contribution is -0.115. The Hall–Kier alpha value is -3.85. The fraction of sp³-hybridized carbons (Fsp3) is 0.0500. The smallest absolute Gasteiger partial charge is 0.326 e. The molecular formula is C20H14N4O2. The number of para-hydroxylation sites is 1. The third kappa shape index (κ3) is 2.72. The second kappa shape index (κ2) is 6.22. The minimum absolute atomic E-state index is 0.218. The van der Waals surface area contributed by atoms with Gasteiger partial charge in [-0.3, -0.25) is 10.1 Å². The predicted molar refractivity (Wildman–Crippen MR) is 96.8 cm³/mol. The molecule has 0 radical (unpaired) electrons. The lowest BCUT2D eigenvalue weighted by Gasteiger charge is -2.07. The first-order chi connectivity index (χ1) is 12.7. The van der Waals surface area contributed by atoms with Crippen molar-refractivity contribution >= 4 is 28.9 Å². The summed E-state index contributed by atoms with van der Waals surface area (Å²) in [6.07, 6.45) is 3.58. The number of nitriles is 1. The molecule has 2 aromatic carbocycles. The second-order valence-corrected chi connectivity index (χ2v) is 5.96. The van der Waals surface area contributed by atoms with Crippen molar-refractivity contribution in [3.05, 3.63) is 77.1 Å². The number of amides is 3. The summed E-state index contributed by atoms with van der Waals surface area (Å²) in [7, 11) is 0. The van der Waals surface area contributed by atoms with Gasteiger partial charge in [-0.25, -0.2) is 4.79 Å². The van der Waals surface area contributed by atoms with Crippen LogP contribution >= 0.6 is 0 Å². The molecule has 1 fully saturated rings. The summed E-state index contributed by atoms with van der Waals surface area (Å²) in [6, 6.07) is 17.0. The van der Waals surface area contributed by atoms with E-state index in [1.54, 1.807) is 12.1 Å². The van der Waals surface area contributed by atoms with Gasteiger partial charge in [0.15, 0.2) is 0 Å². The Morgan fingerprint density at radius 2 is 1.81 bits per heavy atom. The predicted octanol–water partition coefficient (Wildman–Crippen LogP) is 2.74. The lowest BCUT2D eigenvalue weighted by Crippen LogP contribution is -2.22. The van der Waals surface area contributed by atoms with Crippen LogP contribution in [-0.4, -0.2) is 16.5 Å². The average molecular weight is 342 g/mol. The minimum Gasteiger partial charge on any atom is -0.342 e. The molecule has 6 heteroatoms. The highest BCUT2D eigenvalue weighted by atomic mass is 16.2. The molecule has 0 atom stereocenters. The van der Waals surface area contributed by atoms with E-state index in [0.29, 0.717) is 12.1 Å². The fourth-order valence-corrected chi connectivity index (χ4v) is 3.11. The molecular weight excluding hydrogens is 328 g/mol. The number of carbonyl (C=O) groups excluding carboxylic acids is 2. The first-order valence-corrected chi connectivity index (χ1v) is 8.05. The highest BCUT2D eigenvalue weighted by Crippen LogP contribution is 2.25. The molecule has 0 saturated carbocycles. The number of nitrogens with one attached hydrogen (secondary N) is 2. The van der Waals surface area contributed by atoms with Gasteiger partial charge in [0, 0.05) is 29.2 Å². The maximum Gasteiger partial charge on any atom is 0.326 e. The van der Waals surface area contributed by atoms with Crippen molar-refractivity contribution in [2.24, 2.45) is 0 Å². The molecule has 3 aromatic rings. The number of urea groups is 1. The first-order valence-electron chi connectivity index (χ1n) is 8.05. The molecule has 1 saturated heterocycles. The van der Waals surface area contributed by atoms with Gasteiger partial charge < -0.3 is 9.88 Å². The van der Waals surface area contributed by atoms with Gasteiger partial charge in [-0.2, -0.15) is 5.26 Å². The van der Waals surface area contributed by atoms with Crippen molar-refractivity contribution in [1.82, 2.24) is 15.2 Å². The van der Waals surface area contributed by atoms with Crippen LogP contribution in [0.25, 0.3) is 17.0 Å². The summed E-state index contributed by atoms with van der Waals surface area (Å²) in [6.45, 7) is 0.534.